The molecule has 0 heterocycles. The van der Waals surface area contributed by atoms with Gasteiger partial charge in [0, 0.05) is 6.92 Å². The van der Waals surface area contributed by atoms with E-state index in [-0.39, 0.29) is 5.91 Å². The van der Waals surface area contributed by atoms with Crippen LogP contribution in [-0.4, -0.2) is 34.5 Å². The van der Waals surface area contributed by atoms with E-state index < -0.39 is 11.5 Å². The van der Waals surface area contributed by atoms with Crippen molar-refractivity contribution in [3.63, 3.8) is 0 Å². The molecule has 1 atom stereocenters. The van der Waals surface area contributed by atoms with Gasteiger partial charge < -0.3 is 10.4 Å². The SMILES string of the molecule is CSCC[C@@](C)(NC(C)=O)C(=O)O. The number of hydrogen-bond donors (Lipinski definition) is 2. The van der Waals surface area contributed by atoms with Crippen molar-refractivity contribution in [2.75, 3.05) is 12.0 Å². The van der Waals surface area contributed by atoms with Crippen molar-refractivity contribution in [3.05, 3.63) is 0 Å². The first-order valence-corrected chi connectivity index (χ1v) is 5.33. The standard InChI is InChI=1S/C8H15NO3S/c1-6(10)9-8(2,7(11)12)4-5-13-3/h4-5H2,1-3H3,(H,9,10)(H,11,12)/t8-/m1/s1. The summed E-state index contributed by atoms with van der Waals surface area (Å²) in [5.74, 6) is -0.592. The van der Waals surface area contributed by atoms with Crippen LogP contribution in [0.5, 0.6) is 0 Å². The van der Waals surface area contributed by atoms with E-state index in [1.807, 2.05) is 6.26 Å². The van der Waals surface area contributed by atoms with E-state index in [0.717, 1.165) is 0 Å². The summed E-state index contributed by atoms with van der Waals surface area (Å²) in [6.07, 6.45) is 2.33. The third kappa shape index (κ3) is 4.17. The molecule has 0 aliphatic rings. The Morgan fingerprint density at radius 2 is 2.08 bits per heavy atom. The van der Waals surface area contributed by atoms with Crippen molar-refractivity contribution in [2.24, 2.45) is 0 Å². The Kier molecular flexibility index (Phi) is 4.83. The van der Waals surface area contributed by atoms with Gasteiger partial charge in [-0.25, -0.2) is 4.79 Å². The maximum absolute atomic E-state index is 10.8. The molecule has 13 heavy (non-hydrogen) atoms. The number of carboxylic acids is 1. The minimum atomic E-state index is -1.13. The average molecular weight is 205 g/mol. The van der Waals surface area contributed by atoms with Crippen molar-refractivity contribution < 1.29 is 14.7 Å². The molecule has 0 saturated heterocycles. The van der Waals surface area contributed by atoms with Crippen molar-refractivity contribution in [2.45, 2.75) is 25.8 Å². The lowest BCUT2D eigenvalue weighted by Gasteiger charge is -2.25. The Morgan fingerprint density at radius 3 is 2.38 bits per heavy atom. The van der Waals surface area contributed by atoms with Gasteiger partial charge in [0.05, 0.1) is 0 Å². The van der Waals surface area contributed by atoms with E-state index in [1.54, 1.807) is 11.8 Å². The molecular formula is C8H15NO3S. The molecule has 0 aliphatic heterocycles. The maximum atomic E-state index is 10.8. The summed E-state index contributed by atoms with van der Waals surface area (Å²) < 4.78 is 0. The van der Waals surface area contributed by atoms with E-state index in [9.17, 15) is 9.59 Å². The molecule has 2 N–H and O–H groups in total. The molecule has 0 unspecified atom stereocenters. The zero-order chi connectivity index (χ0) is 10.5. The van der Waals surface area contributed by atoms with Crippen molar-refractivity contribution in [1.29, 1.82) is 0 Å². The van der Waals surface area contributed by atoms with E-state index in [4.69, 9.17) is 5.11 Å². The van der Waals surface area contributed by atoms with Crippen LogP contribution in [0.1, 0.15) is 20.3 Å². The Bertz CT molecular complexity index is 208. The van der Waals surface area contributed by atoms with Crippen LogP contribution in [0.3, 0.4) is 0 Å². The number of carbonyl (C=O) groups excluding carboxylic acids is 1. The van der Waals surface area contributed by atoms with E-state index in [2.05, 4.69) is 5.32 Å². The molecule has 0 rings (SSSR count). The van der Waals surface area contributed by atoms with Gasteiger partial charge in [-0.2, -0.15) is 11.8 Å². The predicted molar refractivity (Wildman–Crippen MR) is 52.9 cm³/mol. The number of nitrogens with one attached hydrogen (secondary N) is 1. The number of amides is 1. The molecule has 76 valence electrons. The van der Waals surface area contributed by atoms with Crippen LogP contribution in [0.15, 0.2) is 0 Å². The fourth-order valence-corrected chi connectivity index (χ4v) is 1.53. The topological polar surface area (TPSA) is 66.4 Å². The highest BCUT2D eigenvalue weighted by Gasteiger charge is 2.33. The summed E-state index contributed by atoms with van der Waals surface area (Å²) in [6, 6.07) is 0. The fraction of sp³-hybridized carbons (Fsp3) is 0.750. The molecule has 0 aliphatic carbocycles. The number of carbonyl (C=O) groups is 2. The molecule has 4 nitrogen and oxygen atoms in total. The van der Waals surface area contributed by atoms with Crippen LogP contribution < -0.4 is 5.32 Å². The highest BCUT2D eigenvalue weighted by molar-refractivity contribution is 7.98. The van der Waals surface area contributed by atoms with Crippen molar-refractivity contribution in [3.8, 4) is 0 Å². The van der Waals surface area contributed by atoms with Gasteiger partial charge >= 0.3 is 5.97 Å². The lowest BCUT2D eigenvalue weighted by molar-refractivity contribution is -0.146. The average Bonchev–Trinajstić information content (AvgIpc) is 1.99. The van der Waals surface area contributed by atoms with Crippen LogP contribution >= 0.6 is 11.8 Å². The van der Waals surface area contributed by atoms with Gasteiger partial charge in [-0.05, 0) is 25.4 Å². The Morgan fingerprint density at radius 1 is 1.54 bits per heavy atom. The minimum absolute atomic E-state index is 0.314. The summed E-state index contributed by atoms with van der Waals surface area (Å²) in [4.78, 5) is 21.6. The second-order valence-corrected chi connectivity index (χ2v) is 4.05. The van der Waals surface area contributed by atoms with Crippen LogP contribution in [0.25, 0.3) is 0 Å². The van der Waals surface area contributed by atoms with Gasteiger partial charge in [-0.3, -0.25) is 4.79 Å². The fourth-order valence-electron chi connectivity index (χ4n) is 0.918. The summed E-state index contributed by atoms with van der Waals surface area (Å²) in [7, 11) is 0. The molecule has 0 saturated carbocycles. The van der Waals surface area contributed by atoms with Crippen molar-refractivity contribution in [1.82, 2.24) is 5.32 Å². The molecule has 1 amide bonds. The van der Waals surface area contributed by atoms with Gasteiger partial charge in [0.1, 0.15) is 5.54 Å². The molecule has 0 aromatic carbocycles. The highest BCUT2D eigenvalue weighted by Crippen LogP contribution is 2.13. The van der Waals surface area contributed by atoms with Crippen molar-refractivity contribution >= 4 is 23.6 Å². The Balaban J connectivity index is 4.34. The molecular weight excluding hydrogens is 190 g/mol. The van der Waals surface area contributed by atoms with Gasteiger partial charge in [0.2, 0.25) is 5.91 Å². The lowest BCUT2D eigenvalue weighted by atomic mass is 9.99. The third-order valence-corrected chi connectivity index (χ3v) is 2.34. The summed E-state index contributed by atoms with van der Waals surface area (Å²) in [5.41, 5.74) is -1.13. The maximum Gasteiger partial charge on any atom is 0.329 e. The molecule has 0 fully saturated rings. The van der Waals surface area contributed by atoms with Gasteiger partial charge in [0.25, 0.3) is 0 Å². The molecule has 0 aromatic rings. The van der Waals surface area contributed by atoms with Crippen LogP contribution in [0.2, 0.25) is 0 Å². The number of rotatable bonds is 5. The van der Waals surface area contributed by atoms with E-state index in [0.29, 0.717) is 12.2 Å². The number of aliphatic carboxylic acids is 1. The Labute approximate surface area is 82.1 Å². The number of thioether (sulfide) groups is 1. The molecule has 0 spiro atoms. The first kappa shape index (κ1) is 12.3. The Hall–Kier alpha value is -0.710. The third-order valence-electron chi connectivity index (χ3n) is 1.73. The van der Waals surface area contributed by atoms with Gasteiger partial charge in [-0.15, -0.1) is 0 Å². The number of carboxylic acid groups (broad SMARTS) is 1. The normalized spacial score (nSPS) is 14.7. The van der Waals surface area contributed by atoms with E-state index >= 15 is 0 Å². The zero-order valence-corrected chi connectivity index (χ0v) is 8.90. The molecule has 5 heteroatoms. The van der Waals surface area contributed by atoms with Gasteiger partial charge in [-0.1, -0.05) is 0 Å². The smallest absolute Gasteiger partial charge is 0.329 e. The zero-order valence-electron chi connectivity index (χ0n) is 8.09. The minimum Gasteiger partial charge on any atom is -0.480 e. The predicted octanol–water partition coefficient (Wildman–Crippen LogP) is 0.719. The van der Waals surface area contributed by atoms with Crippen LogP contribution in [0, 0.1) is 0 Å². The molecule has 0 aromatic heterocycles. The first-order valence-electron chi connectivity index (χ1n) is 3.93. The van der Waals surface area contributed by atoms with E-state index in [1.165, 1.54) is 13.8 Å². The first-order chi connectivity index (χ1) is 5.92. The lowest BCUT2D eigenvalue weighted by Crippen LogP contribution is -2.51. The van der Waals surface area contributed by atoms with Gasteiger partial charge in [0.15, 0.2) is 0 Å². The summed E-state index contributed by atoms with van der Waals surface area (Å²) in [5, 5.41) is 11.3. The largest absolute Gasteiger partial charge is 0.480 e. The molecule has 0 radical (unpaired) electrons. The summed E-state index contributed by atoms with van der Waals surface area (Å²) in [6.45, 7) is 2.84. The highest BCUT2D eigenvalue weighted by atomic mass is 32.2. The molecule has 0 bridgehead atoms. The summed E-state index contributed by atoms with van der Waals surface area (Å²) >= 11 is 1.56. The van der Waals surface area contributed by atoms with Crippen LogP contribution in [0.4, 0.5) is 0 Å². The monoisotopic (exact) mass is 205 g/mol. The quantitative estimate of drug-likeness (QED) is 0.694. The second kappa shape index (κ2) is 5.11. The number of hydrogen-bond acceptors (Lipinski definition) is 3. The second-order valence-electron chi connectivity index (χ2n) is 3.06. The van der Waals surface area contributed by atoms with Crippen LogP contribution in [-0.2, 0) is 9.59 Å².